The van der Waals surface area contributed by atoms with E-state index in [0.717, 1.165) is 28.9 Å². The lowest BCUT2D eigenvalue weighted by atomic mass is 9.98. The van der Waals surface area contributed by atoms with Crippen LogP contribution in [0.3, 0.4) is 0 Å². The van der Waals surface area contributed by atoms with Crippen LogP contribution in [0.1, 0.15) is 45.6 Å². The zero-order chi connectivity index (χ0) is 22.4. The number of aliphatic hydroxyl groups excluding tert-OH is 1. The van der Waals surface area contributed by atoms with Crippen molar-refractivity contribution in [1.29, 1.82) is 0 Å². The lowest BCUT2D eigenvalue weighted by Crippen LogP contribution is -2.42. The van der Waals surface area contributed by atoms with E-state index in [1.807, 2.05) is 30.6 Å². The van der Waals surface area contributed by atoms with Crippen LogP contribution >= 0.6 is 0 Å². The van der Waals surface area contributed by atoms with E-state index in [0.29, 0.717) is 19.0 Å². The van der Waals surface area contributed by atoms with E-state index in [1.165, 1.54) is 0 Å². The van der Waals surface area contributed by atoms with Gasteiger partial charge in [-0.3, -0.25) is 4.98 Å². The average Bonchev–Trinajstić information content (AvgIpc) is 2.71. The van der Waals surface area contributed by atoms with Crippen LogP contribution in [0.2, 0.25) is 18.1 Å². The van der Waals surface area contributed by atoms with Crippen molar-refractivity contribution in [3.63, 3.8) is 0 Å². The largest absolute Gasteiger partial charge is 0.493 e. The van der Waals surface area contributed by atoms with Gasteiger partial charge in [-0.1, -0.05) is 33.8 Å². The third-order valence-electron chi connectivity index (χ3n) is 5.86. The van der Waals surface area contributed by atoms with Gasteiger partial charge in [-0.2, -0.15) is 0 Å². The monoisotopic (exact) mass is 431 g/mol. The van der Waals surface area contributed by atoms with Crippen molar-refractivity contribution in [2.24, 2.45) is 0 Å². The number of pyridine rings is 1. The van der Waals surface area contributed by atoms with E-state index in [2.05, 4.69) is 51.8 Å². The van der Waals surface area contributed by atoms with Gasteiger partial charge < -0.3 is 19.0 Å². The Kier molecular flexibility index (Phi) is 8.47. The molecule has 0 aliphatic rings. The molecule has 0 saturated carbocycles. The highest BCUT2D eigenvalue weighted by molar-refractivity contribution is 6.74. The minimum atomic E-state index is -1.89. The number of hydrogen-bond acceptors (Lipinski definition) is 5. The zero-order valence-electron chi connectivity index (χ0n) is 19.5. The number of rotatable bonds is 10. The fourth-order valence-electron chi connectivity index (χ4n) is 2.80. The Morgan fingerprint density at radius 1 is 1.07 bits per heavy atom. The second-order valence-corrected chi connectivity index (χ2v) is 14.0. The van der Waals surface area contributed by atoms with E-state index in [9.17, 15) is 5.11 Å². The molecule has 1 aromatic carbocycles. The van der Waals surface area contributed by atoms with Gasteiger partial charge in [-0.25, -0.2) is 0 Å². The van der Waals surface area contributed by atoms with Gasteiger partial charge in [-0.15, -0.1) is 0 Å². The Morgan fingerprint density at radius 2 is 1.80 bits per heavy atom. The normalized spacial score (nSPS) is 13.2. The summed E-state index contributed by atoms with van der Waals surface area (Å²) < 4.78 is 17.6. The summed E-state index contributed by atoms with van der Waals surface area (Å²) in [5.41, 5.74) is 2.95. The fraction of sp³-hybridized carbons (Fsp3) is 0.542. The fourth-order valence-corrected chi connectivity index (χ4v) is 3.85. The minimum Gasteiger partial charge on any atom is -0.493 e. The summed E-state index contributed by atoms with van der Waals surface area (Å²) in [6.07, 6.45) is 4.58. The molecular weight excluding hydrogens is 394 g/mol. The third-order valence-corrected chi connectivity index (χ3v) is 10.4. The van der Waals surface area contributed by atoms with Crippen molar-refractivity contribution in [3.8, 4) is 22.6 Å². The second kappa shape index (κ2) is 10.4. The average molecular weight is 432 g/mol. The summed E-state index contributed by atoms with van der Waals surface area (Å²) in [4.78, 5) is 4.43. The topological polar surface area (TPSA) is 60.8 Å². The van der Waals surface area contributed by atoms with Crippen molar-refractivity contribution in [2.75, 3.05) is 26.9 Å². The SMILES string of the molecule is CCCOc1cc(-c2cncc([C@@H](CO)CO[Si](C)(C)C(C)(C)C)c2)ccc1OC. The van der Waals surface area contributed by atoms with Crippen LogP contribution in [0.5, 0.6) is 11.5 Å². The van der Waals surface area contributed by atoms with Gasteiger partial charge in [0.2, 0.25) is 0 Å². The first-order chi connectivity index (χ1) is 14.1. The molecule has 1 atom stereocenters. The highest BCUT2D eigenvalue weighted by Crippen LogP contribution is 2.38. The number of nitrogens with zero attached hydrogens (tertiary/aromatic N) is 1. The lowest BCUT2D eigenvalue weighted by Gasteiger charge is -2.37. The van der Waals surface area contributed by atoms with E-state index >= 15 is 0 Å². The molecule has 0 saturated heterocycles. The molecule has 0 aliphatic heterocycles. The van der Waals surface area contributed by atoms with Crippen LogP contribution in [0.4, 0.5) is 0 Å². The van der Waals surface area contributed by atoms with Crippen LogP contribution in [-0.4, -0.2) is 45.3 Å². The van der Waals surface area contributed by atoms with Crippen LogP contribution in [-0.2, 0) is 4.43 Å². The number of methoxy groups -OCH3 is 1. The molecule has 0 spiro atoms. The van der Waals surface area contributed by atoms with Crippen LogP contribution in [0, 0.1) is 0 Å². The Hall–Kier alpha value is -1.89. The summed E-state index contributed by atoms with van der Waals surface area (Å²) in [5.74, 6) is 1.33. The first-order valence-corrected chi connectivity index (χ1v) is 13.5. The molecule has 0 unspecified atom stereocenters. The molecule has 0 radical (unpaired) electrons. The van der Waals surface area contributed by atoms with E-state index in [4.69, 9.17) is 13.9 Å². The van der Waals surface area contributed by atoms with Crippen molar-refractivity contribution in [2.45, 2.75) is 58.2 Å². The number of aliphatic hydroxyl groups is 1. The van der Waals surface area contributed by atoms with Crippen LogP contribution < -0.4 is 9.47 Å². The molecule has 166 valence electrons. The number of hydrogen-bond donors (Lipinski definition) is 1. The Morgan fingerprint density at radius 3 is 2.40 bits per heavy atom. The summed E-state index contributed by atoms with van der Waals surface area (Å²) in [6, 6.07) is 7.97. The molecule has 1 aromatic heterocycles. The Bertz CT molecular complexity index is 817. The Labute approximate surface area is 182 Å². The van der Waals surface area contributed by atoms with Gasteiger partial charge in [0.05, 0.1) is 20.3 Å². The van der Waals surface area contributed by atoms with Crippen molar-refractivity contribution in [3.05, 3.63) is 42.2 Å². The maximum absolute atomic E-state index is 10.0. The summed E-state index contributed by atoms with van der Waals surface area (Å²) in [7, 11) is -0.244. The number of aromatic nitrogens is 1. The predicted octanol–water partition coefficient (Wildman–Crippen LogP) is 5.64. The third kappa shape index (κ3) is 6.06. The molecule has 0 amide bonds. The van der Waals surface area contributed by atoms with E-state index in [-0.39, 0.29) is 17.6 Å². The van der Waals surface area contributed by atoms with E-state index < -0.39 is 8.32 Å². The van der Waals surface area contributed by atoms with E-state index in [1.54, 1.807) is 7.11 Å². The quantitative estimate of drug-likeness (QED) is 0.493. The maximum atomic E-state index is 10.0. The van der Waals surface area contributed by atoms with Crippen LogP contribution in [0.15, 0.2) is 36.7 Å². The summed E-state index contributed by atoms with van der Waals surface area (Å²) >= 11 is 0. The van der Waals surface area contributed by atoms with Gasteiger partial charge >= 0.3 is 0 Å². The molecule has 1 N–H and O–H groups in total. The summed E-state index contributed by atoms with van der Waals surface area (Å²) in [6.45, 7) is 14.3. The molecule has 6 heteroatoms. The smallest absolute Gasteiger partial charge is 0.192 e. The van der Waals surface area contributed by atoms with Gasteiger partial charge in [0.25, 0.3) is 0 Å². The van der Waals surface area contributed by atoms with Crippen LogP contribution in [0.25, 0.3) is 11.1 Å². The molecule has 0 aliphatic carbocycles. The predicted molar refractivity (Wildman–Crippen MR) is 125 cm³/mol. The molecule has 0 bridgehead atoms. The Balaban J connectivity index is 2.26. The molecular formula is C24H37NO4Si. The van der Waals surface area contributed by atoms with Crippen molar-refractivity contribution in [1.82, 2.24) is 4.98 Å². The number of ether oxygens (including phenoxy) is 2. The molecule has 0 fully saturated rings. The minimum absolute atomic E-state index is 0.0211. The van der Waals surface area contributed by atoms with Gasteiger partial charge in [0.1, 0.15) is 0 Å². The highest BCUT2D eigenvalue weighted by Gasteiger charge is 2.37. The van der Waals surface area contributed by atoms with Gasteiger partial charge in [0, 0.05) is 30.5 Å². The highest BCUT2D eigenvalue weighted by atomic mass is 28.4. The molecule has 1 heterocycles. The van der Waals surface area contributed by atoms with Crippen molar-refractivity contribution >= 4 is 8.32 Å². The second-order valence-electron chi connectivity index (χ2n) is 9.17. The molecule has 5 nitrogen and oxygen atoms in total. The first kappa shape index (κ1) is 24.4. The summed E-state index contributed by atoms with van der Waals surface area (Å²) in [5, 5.41) is 10.2. The van der Waals surface area contributed by atoms with Gasteiger partial charge in [0.15, 0.2) is 19.8 Å². The van der Waals surface area contributed by atoms with Crippen molar-refractivity contribution < 1.29 is 19.0 Å². The standard InChI is InChI=1S/C24H37NO4Si/c1-8-11-28-23-13-18(9-10-22(23)27-5)19-12-20(15-25-14-19)21(16-26)17-29-30(6,7)24(2,3)4/h9-10,12-15,21,26H,8,11,16-17H2,1-7H3/t21-/m0/s1. The number of benzene rings is 1. The first-order valence-electron chi connectivity index (χ1n) is 10.6. The molecule has 30 heavy (non-hydrogen) atoms. The zero-order valence-corrected chi connectivity index (χ0v) is 20.5. The lowest BCUT2D eigenvalue weighted by molar-refractivity contribution is 0.194. The van der Waals surface area contributed by atoms with Gasteiger partial charge in [-0.05, 0) is 53.9 Å². The maximum Gasteiger partial charge on any atom is 0.192 e. The molecule has 2 rings (SSSR count). The molecule has 2 aromatic rings.